The van der Waals surface area contributed by atoms with Gasteiger partial charge in [0.1, 0.15) is 0 Å². The second-order valence-electron chi connectivity index (χ2n) is 5.91. The fourth-order valence-electron chi connectivity index (χ4n) is 2.77. The van der Waals surface area contributed by atoms with E-state index in [4.69, 9.17) is 4.52 Å². The molecule has 0 spiro atoms. The van der Waals surface area contributed by atoms with Crippen LogP contribution in [-0.4, -0.2) is 34.0 Å². The van der Waals surface area contributed by atoms with Gasteiger partial charge in [-0.3, -0.25) is 4.79 Å². The summed E-state index contributed by atoms with van der Waals surface area (Å²) in [6.45, 7) is 3.66. The highest BCUT2D eigenvalue weighted by Gasteiger charge is 2.30. The number of hydrogen-bond donors (Lipinski definition) is 0. The van der Waals surface area contributed by atoms with Crippen molar-refractivity contribution in [2.24, 2.45) is 11.8 Å². The summed E-state index contributed by atoms with van der Waals surface area (Å²) in [5.41, 5.74) is 0. The summed E-state index contributed by atoms with van der Waals surface area (Å²) >= 11 is 0. The molecule has 0 bridgehead atoms. The first-order valence-electron chi connectivity index (χ1n) is 7.27. The molecule has 1 aliphatic heterocycles. The Morgan fingerprint density at radius 1 is 1.37 bits per heavy atom. The first kappa shape index (κ1) is 12.6. The SMILES string of the molecule is Cc1nc(CCC2CCN(C(=O)CC3CC3)C2)no1. The Morgan fingerprint density at radius 3 is 2.89 bits per heavy atom. The maximum Gasteiger partial charge on any atom is 0.223 e. The molecule has 2 heterocycles. The van der Waals surface area contributed by atoms with Gasteiger partial charge >= 0.3 is 0 Å². The zero-order valence-electron chi connectivity index (χ0n) is 11.5. The summed E-state index contributed by atoms with van der Waals surface area (Å²) in [6.07, 6.45) is 6.29. The lowest BCUT2D eigenvalue weighted by Gasteiger charge is -2.16. The molecule has 1 aliphatic carbocycles. The Labute approximate surface area is 113 Å². The molecule has 0 N–H and O–H groups in total. The number of nitrogens with zero attached hydrogens (tertiary/aromatic N) is 3. The Balaban J connectivity index is 1.42. The van der Waals surface area contributed by atoms with Gasteiger partial charge in [-0.2, -0.15) is 4.98 Å². The third-order valence-electron chi connectivity index (χ3n) is 4.14. The summed E-state index contributed by atoms with van der Waals surface area (Å²) < 4.78 is 4.96. The van der Waals surface area contributed by atoms with Crippen LogP contribution in [0.3, 0.4) is 0 Å². The second-order valence-corrected chi connectivity index (χ2v) is 5.91. The first-order valence-corrected chi connectivity index (χ1v) is 7.27. The molecule has 0 aromatic carbocycles. The number of aromatic nitrogens is 2. The van der Waals surface area contributed by atoms with Gasteiger partial charge < -0.3 is 9.42 Å². The highest BCUT2D eigenvalue weighted by atomic mass is 16.5. The first-order chi connectivity index (χ1) is 9.20. The molecule has 1 saturated carbocycles. The second kappa shape index (κ2) is 5.31. The molecule has 5 heteroatoms. The molecule has 3 rings (SSSR count). The van der Waals surface area contributed by atoms with E-state index in [0.29, 0.717) is 23.6 Å². The van der Waals surface area contributed by atoms with Crippen LogP contribution in [0.1, 0.15) is 43.8 Å². The lowest BCUT2D eigenvalue weighted by Crippen LogP contribution is -2.28. The fourth-order valence-corrected chi connectivity index (χ4v) is 2.77. The minimum Gasteiger partial charge on any atom is -0.342 e. The van der Waals surface area contributed by atoms with Crippen molar-refractivity contribution in [3.63, 3.8) is 0 Å². The van der Waals surface area contributed by atoms with E-state index in [1.165, 1.54) is 12.8 Å². The van der Waals surface area contributed by atoms with Crippen molar-refractivity contribution in [1.82, 2.24) is 15.0 Å². The Bertz CT molecular complexity index is 453. The highest BCUT2D eigenvalue weighted by molar-refractivity contribution is 5.77. The Hall–Kier alpha value is -1.39. The average molecular weight is 263 g/mol. The zero-order chi connectivity index (χ0) is 13.2. The molecular weight excluding hydrogens is 242 g/mol. The summed E-state index contributed by atoms with van der Waals surface area (Å²) in [5.74, 6) is 3.07. The van der Waals surface area contributed by atoms with E-state index in [1.54, 1.807) is 0 Å². The maximum atomic E-state index is 12.0. The van der Waals surface area contributed by atoms with Crippen LogP contribution in [0, 0.1) is 18.8 Å². The van der Waals surface area contributed by atoms with Crippen molar-refractivity contribution >= 4 is 5.91 Å². The van der Waals surface area contributed by atoms with E-state index >= 15 is 0 Å². The molecule has 0 radical (unpaired) electrons. The minimum atomic E-state index is 0.361. The van der Waals surface area contributed by atoms with E-state index in [9.17, 15) is 4.79 Å². The van der Waals surface area contributed by atoms with Crippen LogP contribution in [-0.2, 0) is 11.2 Å². The number of carbonyl (C=O) groups is 1. The summed E-state index contributed by atoms with van der Waals surface area (Å²) in [4.78, 5) is 18.3. The molecular formula is C14H21N3O2. The third-order valence-corrected chi connectivity index (χ3v) is 4.14. The maximum absolute atomic E-state index is 12.0. The van der Waals surface area contributed by atoms with Gasteiger partial charge in [-0.25, -0.2) is 0 Å². The Kier molecular flexibility index (Phi) is 3.53. The van der Waals surface area contributed by atoms with Gasteiger partial charge in [-0.15, -0.1) is 0 Å². The van der Waals surface area contributed by atoms with Gasteiger partial charge in [0.05, 0.1) is 0 Å². The van der Waals surface area contributed by atoms with Crippen LogP contribution < -0.4 is 0 Å². The standard InChI is InChI=1S/C14H21N3O2/c1-10-15-13(16-19-10)5-4-12-6-7-17(9-12)14(18)8-11-2-3-11/h11-12H,2-9H2,1H3. The zero-order valence-corrected chi connectivity index (χ0v) is 11.5. The molecule has 1 aromatic heterocycles. The predicted octanol–water partition coefficient (Wildman–Crippen LogP) is 1.96. The fraction of sp³-hybridized carbons (Fsp3) is 0.786. The van der Waals surface area contributed by atoms with Gasteiger partial charge in [-0.05, 0) is 37.5 Å². The number of aryl methyl sites for hydroxylation is 2. The number of hydrogen-bond acceptors (Lipinski definition) is 4. The van der Waals surface area contributed by atoms with Crippen molar-refractivity contribution in [2.45, 2.75) is 45.4 Å². The van der Waals surface area contributed by atoms with Crippen LogP contribution >= 0.6 is 0 Å². The summed E-state index contributed by atoms with van der Waals surface area (Å²) in [5, 5.41) is 3.91. The number of amides is 1. The van der Waals surface area contributed by atoms with Crippen LogP contribution in [0.2, 0.25) is 0 Å². The van der Waals surface area contributed by atoms with Crippen LogP contribution in [0.5, 0.6) is 0 Å². The van der Waals surface area contributed by atoms with Crippen LogP contribution in [0.4, 0.5) is 0 Å². The molecule has 1 aromatic rings. The normalized spacial score (nSPS) is 23.0. The Morgan fingerprint density at radius 2 is 2.21 bits per heavy atom. The van der Waals surface area contributed by atoms with Gasteiger partial charge in [0.25, 0.3) is 0 Å². The highest BCUT2D eigenvalue weighted by Crippen LogP contribution is 2.33. The van der Waals surface area contributed by atoms with Crippen LogP contribution in [0.15, 0.2) is 4.52 Å². The quantitative estimate of drug-likeness (QED) is 0.814. The van der Waals surface area contributed by atoms with Gasteiger partial charge in [-0.1, -0.05) is 5.16 Å². The molecule has 19 heavy (non-hydrogen) atoms. The molecule has 1 saturated heterocycles. The van der Waals surface area contributed by atoms with Gasteiger partial charge in [0, 0.05) is 32.9 Å². The molecule has 2 aliphatic rings. The smallest absolute Gasteiger partial charge is 0.223 e. The van der Waals surface area contributed by atoms with E-state index in [1.807, 2.05) is 11.8 Å². The van der Waals surface area contributed by atoms with Crippen LogP contribution in [0.25, 0.3) is 0 Å². The summed E-state index contributed by atoms with van der Waals surface area (Å²) in [6, 6.07) is 0. The van der Waals surface area contributed by atoms with Crippen molar-refractivity contribution in [2.75, 3.05) is 13.1 Å². The average Bonchev–Trinajstić information content (AvgIpc) is 2.91. The van der Waals surface area contributed by atoms with E-state index in [-0.39, 0.29) is 0 Å². The molecule has 5 nitrogen and oxygen atoms in total. The van der Waals surface area contributed by atoms with Gasteiger partial charge in [0.2, 0.25) is 11.8 Å². The topological polar surface area (TPSA) is 59.2 Å². The molecule has 1 atom stereocenters. The lowest BCUT2D eigenvalue weighted by atomic mass is 10.0. The van der Waals surface area contributed by atoms with E-state index in [2.05, 4.69) is 10.1 Å². The number of likely N-dealkylation sites (tertiary alicyclic amines) is 1. The van der Waals surface area contributed by atoms with E-state index in [0.717, 1.165) is 44.6 Å². The van der Waals surface area contributed by atoms with E-state index < -0.39 is 0 Å². The predicted molar refractivity (Wildman–Crippen MR) is 69.4 cm³/mol. The minimum absolute atomic E-state index is 0.361. The summed E-state index contributed by atoms with van der Waals surface area (Å²) in [7, 11) is 0. The monoisotopic (exact) mass is 263 g/mol. The largest absolute Gasteiger partial charge is 0.342 e. The molecule has 1 amide bonds. The molecule has 2 fully saturated rings. The third kappa shape index (κ3) is 3.33. The van der Waals surface area contributed by atoms with Crippen molar-refractivity contribution in [1.29, 1.82) is 0 Å². The van der Waals surface area contributed by atoms with Crippen molar-refractivity contribution in [3.05, 3.63) is 11.7 Å². The van der Waals surface area contributed by atoms with Crippen molar-refractivity contribution < 1.29 is 9.32 Å². The molecule has 104 valence electrons. The van der Waals surface area contributed by atoms with Crippen molar-refractivity contribution in [3.8, 4) is 0 Å². The number of carbonyl (C=O) groups excluding carboxylic acids is 1. The van der Waals surface area contributed by atoms with Gasteiger partial charge in [0.15, 0.2) is 5.82 Å². The molecule has 1 unspecified atom stereocenters. The number of rotatable bonds is 5. The lowest BCUT2D eigenvalue weighted by molar-refractivity contribution is -0.130.